The van der Waals surface area contributed by atoms with Crippen LogP contribution >= 0.6 is 11.8 Å². The third-order valence-corrected chi connectivity index (χ3v) is 3.39. The number of nitrogens with zero attached hydrogens (tertiary/aromatic N) is 3. The molecule has 7 heteroatoms. The Morgan fingerprint density at radius 2 is 2.14 bits per heavy atom. The van der Waals surface area contributed by atoms with Crippen molar-refractivity contribution in [3.8, 4) is 11.5 Å². The largest absolute Gasteiger partial charge is 0.411 e. The van der Waals surface area contributed by atoms with E-state index in [-0.39, 0.29) is 16.7 Å². The van der Waals surface area contributed by atoms with E-state index in [0.717, 1.165) is 5.56 Å². The molecule has 0 radical (unpaired) electrons. The molecule has 0 unspecified atom stereocenters. The maximum Gasteiger partial charge on any atom is 0.277 e. The Morgan fingerprint density at radius 3 is 2.76 bits per heavy atom. The first-order chi connectivity index (χ1) is 9.85. The molecule has 0 aliphatic carbocycles. The number of hydrogen-bond donors (Lipinski definition) is 1. The summed E-state index contributed by atoms with van der Waals surface area (Å²) >= 11 is 1.24. The van der Waals surface area contributed by atoms with E-state index in [1.54, 1.807) is 25.4 Å². The van der Waals surface area contributed by atoms with Gasteiger partial charge in [0.1, 0.15) is 0 Å². The van der Waals surface area contributed by atoms with Gasteiger partial charge in [0.15, 0.2) is 0 Å². The molecular weight excluding hydrogens is 288 g/mol. The van der Waals surface area contributed by atoms with Crippen LogP contribution in [-0.2, 0) is 4.79 Å². The molecule has 0 spiro atoms. The van der Waals surface area contributed by atoms with Crippen molar-refractivity contribution in [2.75, 3.05) is 0 Å². The van der Waals surface area contributed by atoms with Crippen LogP contribution in [0.1, 0.15) is 27.7 Å². The van der Waals surface area contributed by atoms with Crippen LogP contribution in [0, 0.1) is 0 Å². The molecule has 0 saturated heterocycles. The van der Waals surface area contributed by atoms with Gasteiger partial charge >= 0.3 is 0 Å². The SMILES string of the molecule is C[C@H](Sc1nnc(-c2cccnc2)o1)C(=O)NC(C)(C)C. The van der Waals surface area contributed by atoms with E-state index in [4.69, 9.17) is 4.42 Å². The highest BCUT2D eigenvalue weighted by Gasteiger charge is 2.22. The lowest BCUT2D eigenvalue weighted by Crippen LogP contribution is -2.44. The fourth-order valence-corrected chi connectivity index (χ4v) is 2.22. The second-order valence-corrected chi connectivity index (χ2v) is 6.91. The van der Waals surface area contributed by atoms with E-state index in [1.165, 1.54) is 11.8 Å². The number of carbonyl (C=O) groups is 1. The van der Waals surface area contributed by atoms with E-state index in [1.807, 2.05) is 26.8 Å². The summed E-state index contributed by atoms with van der Waals surface area (Å²) in [5, 5.41) is 10.9. The number of pyridine rings is 1. The number of aromatic nitrogens is 3. The molecule has 1 atom stereocenters. The summed E-state index contributed by atoms with van der Waals surface area (Å²) in [5.41, 5.74) is 0.491. The fourth-order valence-electron chi connectivity index (χ4n) is 1.54. The molecule has 2 rings (SSSR count). The Kier molecular flexibility index (Phi) is 4.62. The molecule has 2 heterocycles. The molecule has 21 heavy (non-hydrogen) atoms. The predicted octanol–water partition coefficient (Wildman–Crippen LogP) is 2.53. The Balaban J connectivity index is 2.01. The van der Waals surface area contributed by atoms with Gasteiger partial charge in [-0.15, -0.1) is 10.2 Å². The molecule has 6 nitrogen and oxygen atoms in total. The van der Waals surface area contributed by atoms with Crippen LogP contribution in [0.3, 0.4) is 0 Å². The van der Waals surface area contributed by atoms with Crippen LogP contribution in [0.15, 0.2) is 34.2 Å². The minimum Gasteiger partial charge on any atom is -0.411 e. The van der Waals surface area contributed by atoms with Gasteiger partial charge in [0.2, 0.25) is 11.8 Å². The highest BCUT2D eigenvalue weighted by molar-refractivity contribution is 8.00. The van der Waals surface area contributed by atoms with Crippen LogP contribution in [-0.4, -0.2) is 31.9 Å². The normalized spacial score (nSPS) is 13.0. The summed E-state index contributed by atoms with van der Waals surface area (Å²) < 4.78 is 5.54. The number of rotatable bonds is 4. The third-order valence-electron chi connectivity index (χ3n) is 2.46. The van der Waals surface area contributed by atoms with Gasteiger partial charge in [-0.3, -0.25) is 9.78 Å². The zero-order chi connectivity index (χ0) is 15.5. The minimum absolute atomic E-state index is 0.0615. The zero-order valence-corrected chi connectivity index (χ0v) is 13.3. The van der Waals surface area contributed by atoms with Crippen molar-refractivity contribution >= 4 is 17.7 Å². The Hall–Kier alpha value is -1.89. The van der Waals surface area contributed by atoms with Crippen LogP contribution in [0.2, 0.25) is 0 Å². The number of amides is 1. The summed E-state index contributed by atoms with van der Waals surface area (Å²) in [4.78, 5) is 16.0. The first-order valence-corrected chi connectivity index (χ1v) is 7.46. The van der Waals surface area contributed by atoms with Gasteiger partial charge in [-0.2, -0.15) is 0 Å². The van der Waals surface area contributed by atoms with Gasteiger partial charge in [-0.05, 0) is 39.8 Å². The lowest BCUT2D eigenvalue weighted by atomic mass is 10.1. The van der Waals surface area contributed by atoms with E-state index in [2.05, 4.69) is 20.5 Å². The summed E-state index contributed by atoms with van der Waals surface area (Å²) in [6, 6.07) is 3.64. The molecule has 1 amide bonds. The maximum atomic E-state index is 12.0. The molecule has 0 bridgehead atoms. The van der Waals surface area contributed by atoms with Gasteiger partial charge < -0.3 is 9.73 Å². The highest BCUT2D eigenvalue weighted by Crippen LogP contribution is 2.25. The first-order valence-electron chi connectivity index (χ1n) is 6.58. The standard InChI is InChI=1S/C14H18N4O2S/c1-9(11(19)16-14(2,3)4)21-13-18-17-12(20-13)10-6-5-7-15-8-10/h5-9H,1-4H3,(H,16,19)/t9-/m0/s1. The molecular formula is C14H18N4O2S. The highest BCUT2D eigenvalue weighted by atomic mass is 32.2. The Morgan fingerprint density at radius 1 is 1.38 bits per heavy atom. The van der Waals surface area contributed by atoms with Gasteiger partial charge in [0.05, 0.1) is 10.8 Å². The van der Waals surface area contributed by atoms with Crippen molar-refractivity contribution in [1.82, 2.24) is 20.5 Å². The lowest BCUT2D eigenvalue weighted by molar-refractivity contribution is -0.121. The Labute approximate surface area is 127 Å². The average molecular weight is 306 g/mol. The van der Waals surface area contributed by atoms with Crippen LogP contribution in [0.25, 0.3) is 11.5 Å². The quantitative estimate of drug-likeness (QED) is 0.874. The Bertz CT molecular complexity index is 607. The summed E-state index contributed by atoms with van der Waals surface area (Å²) in [5.74, 6) is 0.336. The van der Waals surface area contributed by atoms with Crippen molar-refractivity contribution in [2.24, 2.45) is 0 Å². The van der Waals surface area contributed by atoms with Gasteiger partial charge in [-0.1, -0.05) is 11.8 Å². The molecule has 0 saturated carbocycles. The summed E-state index contributed by atoms with van der Waals surface area (Å²) in [6.45, 7) is 7.63. The molecule has 112 valence electrons. The topological polar surface area (TPSA) is 80.9 Å². The lowest BCUT2D eigenvalue weighted by Gasteiger charge is -2.22. The van der Waals surface area contributed by atoms with Crippen LogP contribution in [0.4, 0.5) is 0 Å². The number of nitrogens with one attached hydrogen (secondary N) is 1. The molecule has 0 fully saturated rings. The number of thioether (sulfide) groups is 1. The number of carbonyl (C=O) groups excluding carboxylic acids is 1. The second-order valence-electron chi connectivity index (χ2n) is 5.61. The molecule has 2 aromatic rings. The van der Waals surface area contributed by atoms with E-state index >= 15 is 0 Å². The average Bonchev–Trinajstić information content (AvgIpc) is 2.86. The summed E-state index contributed by atoms with van der Waals surface area (Å²) in [7, 11) is 0. The fraction of sp³-hybridized carbons (Fsp3) is 0.429. The number of hydrogen-bond acceptors (Lipinski definition) is 6. The van der Waals surface area contributed by atoms with Gasteiger partial charge in [0.25, 0.3) is 5.22 Å². The minimum atomic E-state index is -0.313. The summed E-state index contributed by atoms with van der Waals surface area (Å²) in [6.07, 6.45) is 3.33. The monoisotopic (exact) mass is 306 g/mol. The molecule has 0 aromatic carbocycles. The molecule has 0 aliphatic rings. The van der Waals surface area contributed by atoms with Crippen molar-refractivity contribution in [1.29, 1.82) is 0 Å². The molecule has 0 aliphatic heterocycles. The van der Waals surface area contributed by atoms with Gasteiger partial charge in [0, 0.05) is 17.9 Å². The predicted molar refractivity (Wildman–Crippen MR) is 80.7 cm³/mol. The van der Waals surface area contributed by atoms with E-state index in [0.29, 0.717) is 11.1 Å². The smallest absolute Gasteiger partial charge is 0.277 e. The maximum absolute atomic E-state index is 12.0. The van der Waals surface area contributed by atoms with Crippen molar-refractivity contribution in [2.45, 2.75) is 43.7 Å². The van der Waals surface area contributed by atoms with Crippen molar-refractivity contribution in [3.05, 3.63) is 24.5 Å². The van der Waals surface area contributed by atoms with Gasteiger partial charge in [-0.25, -0.2) is 0 Å². The zero-order valence-electron chi connectivity index (χ0n) is 12.5. The molecule has 1 N–H and O–H groups in total. The molecule has 2 aromatic heterocycles. The van der Waals surface area contributed by atoms with Crippen LogP contribution in [0.5, 0.6) is 0 Å². The first kappa shape index (κ1) is 15.5. The second kappa shape index (κ2) is 6.26. The van der Waals surface area contributed by atoms with E-state index in [9.17, 15) is 4.79 Å². The van der Waals surface area contributed by atoms with Crippen molar-refractivity contribution < 1.29 is 9.21 Å². The van der Waals surface area contributed by atoms with E-state index < -0.39 is 0 Å². The van der Waals surface area contributed by atoms with Crippen LogP contribution < -0.4 is 5.32 Å². The third kappa shape index (κ3) is 4.56. The van der Waals surface area contributed by atoms with Crippen molar-refractivity contribution in [3.63, 3.8) is 0 Å².